The number of hydrogen-bond acceptors (Lipinski definition) is 6. The van der Waals surface area contributed by atoms with Crippen LogP contribution in [0, 0.1) is 0 Å². The zero-order valence-corrected chi connectivity index (χ0v) is 16.2. The number of thioether (sulfide) groups is 1. The van der Waals surface area contributed by atoms with E-state index >= 15 is 0 Å². The van der Waals surface area contributed by atoms with Crippen LogP contribution in [0.5, 0.6) is 0 Å². The van der Waals surface area contributed by atoms with Crippen molar-refractivity contribution in [3.8, 4) is 0 Å². The Hall–Kier alpha value is -1.21. The molecule has 0 aromatic heterocycles. The summed E-state index contributed by atoms with van der Waals surface area (Å²) in [4.78, 5) is 21.3. The normalized spacial score (nSPS) is 21.3. The number of hydrogen-bond donors (Lipinski definition) is 1. The molecule has 0 amide bonds. The monoisotopic (exact) mass is 382 g/mol. The van der Waals surface area contributed by atoms with Gasteiger partial charge in [-0.25, -0.2) is 10.3 Å². The van der Waals surface area contributed by atoms with Crippen molar-refractivity contribution in [1.82, 2.24) is 10.4 Å². The van der Waals surface area contributed by atoms with Crippen molar-refractivity contribution in [3.63, 3.8) is 0 Å². The Morgan fingerprint density at radius 1 is 1.40 bits per heavy atom. The maximum Gasteiger partial charge on any atom is 0.351 e. The summed E-state index contributed by atoms with van der Waals surface area (Å²) < 4.78 is 5.36. The van der Waals surface area contributed by atoms with Gasteiger partial charge in [-0.1, -0.05) is 11.6 Å². The second-order valence-corrected chi connectivity index (χ2v) is 8.55. The van der Waals surface area contributed by atoms with Crippen LogP contribution >= 0.6 is 23.4 Å². The minimum atomic E-state index is -0.719. The third-order valence-electron chi connectivity index (χ3n) is 4.50. The van der Waals surface area contributed by atoms with Gasteiger partial charge in [-0.05, 0) is 45.0 Å². The van der Waals surface area contributed by atoms with E-state index in [-0.39, 0.29) is 11.2 Å². The topological polar surface area (TPSA) is 50.8 Å². The number of hydroxylamine groups is 1. The molecule has 1 aromatic carbocycles. The molecule has 2 heterocycles. The summed E-state index contributed by atoms with van der Waals surface area (Å²) in [5.41, 5.74) is 3.87. The van der Waals surface area contributed by atoms with Crippen molar-refractivity contribution < 1.29 is 14.4 Å². The molecule has 7 heteroatoms. The SMILES string of the molecule is CC1C=C(NOC(=O)C(C)(C)N2CCOCC2)c2cc(Cl)ccc2S1. The molecular weight excluding hydrogens is 360 g/mol. The Morgan fingerprint density at radius 3 is 2.84 bits per heavy atom. The van der Waals surface area contributed by atoms with Gasteiger partial charge in [-0.2, -0.15) is 0 Å². The van der Waals surface area contributed by atoms with E-state index < -0.39 is 5.54 Å². The molecule has 2 aliphatic heterocycles. The van der Waals surface area contributed by atoms with E-state index in [1.54, 1.807) is 11.8 Å². The van der Waals surface area contributed by atoms with Crippen LogP contribution in [0.25, 0.3) is 5.70 Å². The minimum Gasteiger partial charge on any atom is -0.379 e. The predicted octanol–water partition coefficient (Wildman–Crippen LogP) is 3.33. The standard InChI is InChI=1S/C18H23ClN2O3S/c1-12-10-15(14-11-13(19)4-5-16(14)25-12)20-24-17(22)18(2,3)21-6-8-23-9-7-21/h4-5,10-12,20H,6-9H2,1-3H3. The lowest BCUT2D eigenvalue weighted by Crippen LogP contribution is -2.55. The lowest BCUT2D eigenvalue weighted by atomic mass is 10.0. The van der Waals surface area contributed by atoms with Gasteiger partial charge in [0.15, 0.2) is 0 Å². The Bertz CT molecular complexity index is 687. The molecule has 5 nitrogen and oxygen atoms in total. The molecule has 1 fully saturated rings. The fourth-order valence-electron chi connectivity index (χ4n) is 2.94. The number of morpholine rings is 1. The van der Waals surface area contributed by atoms with Crippen LogP contribution in [0.4, 0.5) is 0 Å². The van der Waals surface area contributed by atoms with Crippen LogP contribution in [0.15, 0.2) is 29.2 Å². The molecule has 1 unspecified atom stereocenters. The molecule has 1 atom stereocenters. The molecular formula is C18H23ClN2O3S. The summed E-state index contributed by atoms with van der Waals surface area (Å²) in [6, 6.07) is 5.75. The van der Waals surface area contributed by atoms with E-state index in [2.05, 4.69) is 17.3 Å². The van der Waals surface area contributed by atoms with Gasteiger partial charge in [0.1, 0.15) is 5.54 Å². The second kappa shape index (κ2) is 7.58. The average molecular weight is 383 g/mol. The molecule has 1 saturated heterocycles. The van der Waals surface area contributed by atoms with Crippen molar-refractivity contribution in [2.24, 2.45) is 0 Å². The summed E-state index contributed by atoms with van der Waals surface area (Å²) in [5.74, 6) is -0.315. The highest BCUT2D eigenvalue weighted by Gasteiger charge is 2.37. The molecule has 3 rings (SSSR count). The van der Waals surface area contributed by atoms with Crippen LogP contribution < -0.4 is 5.48 Å². The molecule has 0 bridgehead atoms. The highest BCUT2D eigenvalue weighted by atomic mass is 35.5. The molecule has 1 N–H and O–H groups in total. The number of nitrogens with one attached hydrogen (secondary N) is 1. The first-order valence-corrected chi connectivity index (χ1v) is 9.62. The van der Waals surface area contributed by atoms with Gasteiger partial charge in [0.25, 0.3) is 0 Å². The van der Waals surface area contributed by atoms with Gasteiger partial charge in [-0.3, -0.25) is 4.90 Å². The van der Waals surface area contributed by atoms with Crippen LogP contribution in [0.2, 0.25) is 5.02 Å². The summed E-state index contributed by atoms with van der Waals surface area (Å²) in [6.45, 7) is 8.56. The highest BCUT2D eigenvalue weighted by Crippen LogP contribution is 2.37. The first-order valence-electron chi connectivity index (χ1n) is 8.36. The average Bonchev–Trinajstić information content (AvgIpc) is 2.60. The minimum absolute atomic E-state index is 0.280. The fraction of sp³-hybridized carbons (Fsp3) is 0.500. The molecule has 1 aromatic rings. The van der Waals surface area contributed by atoms with E-state index in [1.165, 1.54) is 0 Å². The Balaban J connectivity index is 1.70. The van der Waals surface area contributed by atoms with Gasteiger partial charge in [0, 0.05) is 33.8 Å². The smallest absolute Gasteiger partial charge is 0.351 e. The molecule has 0 spiro atoms. The Kier molecular flexibility index (Phi) is 5.63. The van der Waals surface area contributed by atoms with Crippen molar-refractivity contribution in [2.75, 3.05) is 26.3 Å². The molecule has 25 heavy (non-hydrogen) atoms. The molecule has 136 valence electrons. The summed E-state index contributed by atoms with van der Waals surface area (Å²) in [5, 5.41) is 0.934. The van der Waals surface area contributed by atoms with Gasteiger partial charge >= 0.3 is 5.97 Å². The van der Waals surface area contributed by atoms with Gasteiger partial charge in [0.2, 0.25) is 0 Å². The molecule has 0 radical (unpaired) electrons. The number of carbonyl (C=O) groups is 1. The van der Waals surface area contributed by atoms with Crippen molar-refractivity contribution in [2.45, 2.75) is 36.5 Å². The number of ether oxygens (including phenoxy) is 1. The van der Waals surface area contributed by atoms with Gasteiger partial charge in [0.05, 0.1) is 18.9 Å². The van der Waals surface area contributed by atoms with Crippen LogP contribution in [0.1, 0.15) is 26.3 Å². The molecule has 0 saturated carbocycles. The number of rotatable bonds is 4. The van der Waals surface area contributed by atoms with Crippen LogP contribution in [-0.2, 0) is 14.4 Å². The number of carbonyl (C=O) groups excluding carboxylic acids is 1. The lowest BCUT2D eigenvalue weighted by molar-refractivity contribution is -0.163. The van der Waals surface area contributed by atoms with E-state index in [4.69, 9.17) is 21.2 Å². The summed E-state index contributed by atoms with van der Waals surface area (Å²) in [7, 11) is 0. The predicted molar refractivity (Wildman–Crippen MR) is 100 cm³/mol. The van der Waals surface area contributed by atoms with E-state index in [0.717, 1.165) is 29.2 Å². The molecule has 2 aliphatic rings. The van der Waals surface area contributed by atoms with E-state index in [0.29, 0.717) is 18.2 Å². The van der Waals surface area contributed by atoms with Crippen molar-refractivity contribution in [1.29, 1.82) is 0 Å². The zero-order valence-electron chi connectivity index (χ0n) is 14.7. The number of benzene rings is 1. The van der Waals surface area contributed by atoms with Crippen LogP contribution in [0.3, 0.4) is 0 Å². The number of nitrogens with zero attached hydrogens (tertiary/aromatic N) is 1. The lowest BCUT2D eigenvalue weighted by Gasteiger charge is -2.38. The van der Waals surface area contributed by atoms with Gasteiger partial charge < -0.3 is 9.57 Å². The summed E-state index contributed by atoms with van der Waals surface area (Å²) in [6.07, 6.45) is 2.04. The van der Waals surface area contributed by atoms with E-state index in [9.17, 15) is 4.79 Å². The first kappa shape index (κ1) is 18.6. The van der Waals surface area contributed by atoms with E-state index in [1.807, 2.05) is 38.1 Å². The van der Waals surface area contributed by atoms with Crippen molar-refractivity contribution in [3.05, 3.63) is 34.9 Å². The number of halogens is 1. The first-order chi connectivity index (χ1) is 11.9. The maximum atomic E-state index is 12.6. The van der Waals surface area contributed by atoms with Gasteiger partial charge in [-0.15, -0.1) is 11.8 Å². The highest BCUT2D eigenvalue weighted by molar-refractivity contribution is 8.00. The molecule has 0 aliphatic carbocycles. The maximum absolute atomic E-state index is 12.6. The Labute approximate surface area is 157 Å². The summed E-state index contributed by atoms with van der Waals surface area (Å²) >= 11 is 7.87. The third kappa shape index (κ3) is 4.14. The quantitative estimate of drug-likeness (QED) is 0.806. The van der Waals surface area contributed by atoms with Crippen molar-refractivity contribution >= 4 is 35.0 Å². The Morgan fingerprint density at radius 2 is 2.12 bits per heavy atom. The van der Waals surface area contributed by atoms with Crippen LogP contribution in [-0.4, -0.2) is 48.0 Å². The zero-order chi connectivity index (χ0) is 18.0. The number of fused-ring (bicyclic) bond motifs is 1. The second-order valence-electron chi connectivity index (χ2n) is 6.69. The largest absolute Gasteiger partial charge is 0.379 e. The third-order valence-corrected chi connectivity index (χ3v) is 5.85. The fourth-order valence-corrected chi connectivity index (χ4v) is 4.16.